The van der Waals surface area contributed by atoms with Crippen molar-refractivity contribution in [1.29, 1.82) is 0 Å². The normalized spacial score (nSPS) is 24.6. The highest BCUT2D eigenvalue weighted by atomic mass is 19.1. The van der Waals surface area contributed by atoms with Crippen molar-refractivity contribution in [2.75, 3.05) is 50.8 Å². The number of carbonyl (C=O) groups is 2. The number of urea groups is 1. The Balaban J connectivity index is 1.16. The number of benzene rings is 1. The van der Waals surface area contributed by atoms with Crippen LogP contribution in [0.2, 0.25) is 0 Å². The summed E-state index contributed by atoms with van der Waals surface area (Å²) in [6.45, 7) is 7.21. The molecule has 3 aliphatic heterocycles. The van der Waals surface area contributed by atoms with Gasteiger partial charge in [-0.25, -0.2) is 14.2 Å². The average molecular weight is 565 g/mol. The molecule has 5 heterocycles. The first-order chi connectivity index (χ1) is 19.8. The zero-order chi connectivity index (χ0) is 28.3. The Bertz CT molecular complexity index is 1520. The number of nitrogens with one attached hydrogen (secondary N) is 2. The van der Waals surface area contributed by atoms with Crippen molar-refractivity contribution in [3.05, 3.63) is 53.0 Å². The van der Waals surface area contributed by atoms with Crippen LogP contribution in [0.3, 0.4) is 0 Å². The molecule has 7 rings (SSSR count). The molecule has 1 saturated carbocycles. The van der Waals surface area contributed by atoms with E-state index in [0.29, 0.717) is 29.2 Å². The molecule has 2 saturated heterocycles. The van der Waals surface area contributed by atoms with Crippen molar-refractivity contribution in [2.45, 2.75) is 38.1 Å². The maximum Gasteiger partial charge on any atom is 0.317 e. The molecule has 3 aromatic rings. The molecule has 0 bridgehead atoms. The highest BCUT2D eigenvalue weighted by Crippen LogP contribution is 2.38. The number of anilines is 1. The van der Waals surface area contributed by atoms with Gasteiger partial charge >= 0.3 is 6.03 Å². The summed E-state index contributed by atoms with van der Waals surface area (Å²) in [7, 11) is 0. The Morgan fingerprint density at radius 1 is 1.17 bits per heavy atom. The lowest BCUT2D eigenvalue weighted by molar-refractivity contribution is 0.0352. The third-order valence-corrected chi connectivity index (χ3v) is 8.68. The molecule has 1 aromatic carbocycles. The topological polar surface area (TPSA) is 123 Å². The first-order valence-electron chi connectivity index (χ1n) is 14.2. The van der Waals surface area contributed by atoms with Crippen molar-refractivity contribution in [1.82, 2.24) is 25.4 Å². The molecule has 12 heteroatoms. The van der Waals surface area contributed by atoms with Crippen LogP contribution in [0.15, 0.2) is 34.7 Å². The van der Waals surface area contributed by atoms with Gasteiger partial charge in [-0.1, -0.05) is 13.0 Å². The Kier molecular flexibility index (Phi) is 6.27. The number of ether oxygens (including phenoxy) is 1. The van der Waals surface area contributed by atoms with Gasteiger partial charge in [0, 0.05) is 38.8 Å². The van der Waals surface area contributed by atoms with Gasteiger partial charge in [-0.2, -0.15) is 0 Å². The third kappa shape index (κ3) is 4.55. The molecule has 1 aliphatic carbocycles. The van der Waals surface area contributed by atoms with Gasteiger partial charge < -0.3 is 39.6 Å². The number of aromatic nitrogens is 1. The number of piperazine rings is 1. The van der Waals surface area contributed by atoms with Gasteiger partial charge in [0.25, 0.3) is 5.91 Å². The lowest BCUT2D eigenvalue weighted by Gasteiger charge is -2.34. The van der Waals surface area contributed by atoms with Crippen molar-refractivity contribution >= 4 is 28.9 Å². The number of hydrogen-bond acceptors (Lipinski definition) is 8. The van der Waals surface area contributed by atoms with E-state index < -0.39 is 29.5 Å². The summed E-state index contributed by atoms with van der Waals surface area (Å²) >= 11 is 0. The van der Waals surface area contributed by atoms with E-state index in [1.807, 2.05) is 12.1 Å². The molecular weight excluding hydrogens is 531 g/mol. The van der Waals surface area contributed by atoms with Crippen LogP contribution in [-0.2, 0) is 12.1 Å². The molecule has 3 amide bonds. The Hall–Kier alpha value is -3.90. The lowest BCUT2D eigenvalue weighted by Crippen LogP contribution is -2.54. The number of rotatable bonds is 8. The minimum absolute atomic E-state index is 0.0423. The summed E-state index contributed by atoms with van der Waals surface area (Å²) in [5, 5.41) is 16.3. The summed E-state index contributed by atoms with van der Waals surface area (Å²) in [5.74, 6) is 0.353. The van der Waals surface area contributed by atoms with Crippen LogP contribution in [0, 0.1) is 11.7 Å². The van der Waals surface area contributed by atoms with Gasteiger partial charge in [-0.15, -0.1) is 0 Å². The SMILES string of the molecule is CCN1CCN(c2ccc3oc(C4(CN5Cc6ccc(OCC7CC7)c(F)c6C5=O)NC(=O)NC4O)cc3n2)CC1. The number of furan rings is 1. The van der Waals surface area contributed by atoms with Gasteiger partial charge in [0.15, 0.2) is 28.9 Å². The smallest absolute Gasteiger partial charge is 0.317 e. The number of pyridine rings is 1. The predicted molar refractivity (Wildman–Crippen MR) is 147 cm³/mol. The lowest BCUT2D eigenvalue weighted by atomic mass is 9.94. The number of aliphatic hydroxyl groups excluding tert-OH is 1. The van der Waals surface area contributed by atoms with E-state index in [4.69, 9.17) is 14.1 Å². The summed E-state index contributed by atoms with van der Waals surface area (Å²) in [5.41, 5.74) is 0.0296. The summed E-state index contributed by atoms with van der Waals surface area (Å²) < 4.78 is 27.2. The van der Waals surface area contributed by atoms with Crippen molar-refractivity contribution in [3.8, 4) is 5.75 Å². The van der Waals surface area contributed by atoms with Gasteiger partial charge in [0.2, 0.25) is 0 Å². The Labute approximate surface area is 236 Å². The molecule has 216 valence electrons. The highest BCUT2D eigenvalue weighted by molar-refractivity contribution is 5.99. The molecule has 3 fully saturated rings. The standard InChI is InChI=1S/C29H33FN6O5/c1-2-34-9-11-35(12-10-34)23-8-7-20-19(31-23)13-22(41-20)29(27(38)32-28(39)33-29)16-36-14-18-5-6-21(40-15-17-3-4-17)25(30)24(18)26(36)37/h5-8,13,17,27,38H,2-4,9-12,14-16H2,1H3,(H2,32,33,39). The van der Waals surface area contributed by atoms with Crippen molar-refractivity contribution in [3.63, 3.8) is 0 Å². The van der Waals surface area contributed by atoms with E-state index in [0.717, 1.165) is 51.4 Å². The second kappa shape index (κ2) is 9.88. The predicted octanol–water partition coefficient (Wildman–Crippen LogP) is 2.38. The van der Waals surface area contributed by atoms with Crippen molar-refractivity contribution in [2.24, 2.45) is 5.92 Å². The van der Waals surface area contributed by atoms with E-state index in [1.165, 1.54) is 4.90 Å². The number of hydrogen-bond donors (Lipinski definition) is 3. The molecule has 3 N–H and O–H groups in total. The molecular formula is C29H33FN6O5. The van der Waals surface area contributed by atoms with E-state index in [2.05, 4.69) is 27.4 Å². The maximum atomic E-state index is 15.4. The minimum Gasteiger partial charge on any atom is -0.490 e. The van der Waals surface area contributed by atoms with Gasteiger partial charge in [-0.05, 0) is 49.1 Å². The molecule has 11 nitrogen and oxygen atoms in total. The number of halogens is 1. The largest absolute Gasteiger partial charge is 0.490 e. The fourth-order valence-corrected chi connectivity index (χ4v) is 5.98. The molecule has 2 atom stereocenters. The average Bonchev–Trinajstić information content (AvgIpc) is 3.50. The fourth-order valence-electron chi connectivity index (χ4n) is 5.98. The van der Waals surface area contributed by atoms with Crippen LogP contribution in [0.25, 0.3) is 11.1 Å². The number of amides is 3. The number of likely N-dealkylation sites (N-methyl/N-ethyl adjacent to an activating group) is 1. The van der Waals surface area contributed by atoms with E-state index >= 15 is 4.39 Å². The number of fused-ring (bicyclic) bond motifs is 2. The van der Waals surface area contributed by atoms with E-state index in [-0.39, 0.29) is 30.2 Å². The quantitative estimate of drug-likeness (QED) is 0.381. The van der Waals surface area contributed by atoms with Crippen LogP contribution in [0.1, 0.15) is 41.4 Å². The molecule has 41 heavy (non-hydrogen) atoms. The van der Waals surface area contributed by atoms with Crippen LogP contribution in [0.5, 0.6) is 5.75 Å². The van der Waals surface area contributed by atoms with Crippen LogP contribution in [-0.4, -0.2) is 83.9 Å². The van der Waals surface area contributed by atoms with Crippen molar-refractivity contribution < 1.29 is 28.2 Å². The number of carbonyl (C=O) groups excluding carboxylic acids is 2. The maximum absolute atomic E-state index is 15.4. The molecule has 2 aromatic heterocycles. The second-order valence-electron chi connectivity index (χ2n) is 11.4. The fraction of sp³-hybridized carbons (Fsp3) is 0.483. The summed E-state index contributed by atoms with van der Waals surface area (Å²) in [4.78, 5) is 36.7. The second-order valence-corrected chi connectivity index (χ2v) is 11.4. The van der Waals surface area contributed by atoms with Crippen LogP contribution >= 0.6 is 0 Å². The first kappa shape index (κ1) is 26.0. The Morgan fingerprint density at radius 2 is 1.98 bits per heavy atom. The molecule has 2 unspecified atom stereocenters. The zero-order valence-electron chi connectivity index (χ0n) is 22.9. The molecule has 4 aliphatic rings. The summed E-state index contributed by atoms with van der Waals surface area (Å²) in [6.07, 6.45) is 0.728. The summed E-state index contributed by atoms with van der Waals surface area (Å²) in [6, 6.07) is 8.06. The van der Waals surface area contributed by atoms with E-state index in [1.54, 1.807) is 18.2 Å². The number of nitrogens with zero attached hydrogens (tertiary/aromatic N) is 4. The number of aliphatic hydroxyl groups is 1. The first-order valence-corrected chi connectivity index (χ1v) is 14.2. The minimum atomic E-state index is -1.51. The molecule has 0 spiro atoms. The van der Waals surface area contributed by atoms with Gasteiger partial charge in [0.1, 0.15) is 17.1 Å². The van der Waals surface area contributed by atoms with Gasteiger partial charge in [0.05, 0.1) is 18.7 Å². The zero-order valence-corrected chi connectivity index (χ0v) is 22.9. The molecule has 0 radical (unpaired) electrons. The Morgan fingerprint density at radius 3 is 2.68 bits per heavy atom. The van der Waals surface area contributed by atoms with Crippen LogP contribution < -0.4 is 20.3 Å². The highest BCUT2D eigenvalue weighted by Gasteiger charge is 2.53. The third-order valence-electron chi connectivity index (χ3n) is 8.68. The monoisotopic (exact) mass is 564 g/mol. The van der Waals surface area contributed by atoms with E-state index in [9.17, 15) is 14.7 Å². The van der Waals surface area contributed by atoms with Crippen LogP contribution in [0.4, 0.5) is 15.0 Å². The van der Waals surface area contributed by atoms with Gasteiger partial charge in [-0.3, -0.25) is 4.79 Å².